The van der Waals surface area contributed by atoms with E-state index in [1.165, 1.54) is 0 Å². The van der Waals surface area contributed by atoms with Crippen LogP contribution in [0.4, 0.5) is 4.79 Å². The monoisotopic (exact) mass is 209 g/mol. The number of carboxylic acids is 1. The summed E-state index contributed by atoms with van der Waals surface area (Å²) in [5.41, 5.74) is 0. The molecule has 0 aromatic carbocycles. The third-order valence-corrected chi connectivity index (χ3v) is 1.84. The molecular weight excluding hydrogens is 206 g/mol. The molecule has 1 saturated heterocycles. The van der Waals surface area contributed by atoms with E-state index in [1.807, 2.05) is 0 Å². The number of amides is 1. The molecule has 60 valence electrons. The van der Waals surface area contributed by atoms with E-state index < -0.39 is 12.0 Å². The van der Waals surface area contributed by atoms with Gasteiger partial charge < -0.3 is 15.2 Å². The van der Waals surface area contributed by atoms with E-state index in [1.54, 1.807) is 0 Å². The van der Waals surface area contributed by atoms with Crippen LogP contribution in [-0.4, -0.2) is 23.0 Å². The zero-order valence-corrected chi connectivity index (χ0v) is 6.48. The van der Waals surface area contributed by atoms with Gasteiger partial charge in [0.1, 0.15) is 0 Å². The van der Waals surface area contributed by atoms with Crippen LogP contribution in [0.25, 0.3) is 0 Å². The molecular formula is C4H4CuNO3S. The summed E-state index contributed by atoms with van der Waals surface area (Å²) in [7, 11) is 0. The van der Waals surface area contributed by atoms with E-state index in [9.17, 15) is 14.7 Å². The number of nitrogens with one attached hydrogen (secondary N) is 1. The number of hydrogen-bond acceptors (Lipinski definition) is 4. The van der Waals surface area contributed by atoms with E-state index >= 15 is 0 Å². The molecule has 0 aromatic rings. The SMILES string of the molecule is O=C1NC(C(=O)[O-])CS1.[Cu+]. The fourth-order valence-electron chi connectivity index (χ4n) is 0.512. The van der Waals surface area contributed by atoms with Crippen molar-refractivity contribution in [3.63, 3.8) is 0 Å². The molecule has 1 atom stereocenters. The van der Waals surface area contributed by atoms with E-state index in [-0.39, 0.29) is 28.1 Å². The van der Waals surface area contributed by atoms with Crippen molar-refractivity contribution in [1.82, 2.24) is 5.32 Å². The summed E-state index contributed by atoms with van der Waals surface area (Å²) in [6, 6.07) is -0.789. The van der Waals surface area contributed by atoms with Gasteiger partial charge in [-0.1, -0.05) is 11.8 Å². The van der Waals surface area contributed by atoms with Crippen LogP contribution in [0, 0.1) is 0 Å². The Morgan fingerprint density at radius 1 is 1.80 bits per heavy atom. The summed E-state index contributed by atoms with van der Waals surface area (Å²) in [5.74, 6) is -0.936. The van der Waals surface area contributed by atoms with Gasteiger partial charge in [-0.25, -0.2) is 0 Å². The summed E-state index contributed by atoms with van der Waals surface area (Å²) in [6.45, 7) is 0. The van der Waals surface area contributed by atoms with Crippen LogP contribution >= 0.6 is 11.8 Å². The van der Waals surface area contributed by atoms with Gasteiger partial charge in [-0.3, -0.25) is 4.79 Å². The Bertz CT molecular complexity index is 163. The van der Waals surface area contributed by atoms with E-state index in [4.69, 9.17) is 0 Å². The molecule has 1 amide bonds. The number of carboxylic acid groups (broad SMARTS) is 1. The van der Waals surface area contributed by atoms with Gasteiger partial charge in [0.15, 0.2) is 0 Å². The van der Waals surface area contributed by atoms with Gasteiger partial charge in [0.25, 0.3) is 5.24 Å². The molecule has 0 saturated carbocycles. The summed E-state index contributed by atoms with van der Waals surface area (Å²) in [4.78, 5) is 20.3. The number of thioether (sulfide) groups is 1. The van der Waals surface area contributed by atoms with Crippen molar-refractivity contribution in [1.29, 1.82) is 0 Å². The van der Waals surface area contributed by atoms with Crippen molar-refractivity contribution in [3.05, 3.63) is 0 Å². The molecule has 0 bridgehead atoms. The Kier molecular flexibility index (Phi) is 3.78. The normalized spacial score (nSPS) is 23.2. The minimum atomic E-state index is -1.21. The van der Waals surface area contributed by atoms with Crippen LogP contribution in [0.1, 0.15) is 0 Å². The zero-order chi connectivity index (χ0) is 6.85. The first-order valence-electron chi connectivity index (χ1n) is 2.34. The number of carbonyl (C=O) groups is 2. The summed E-state index contributed by atoms with van der Waals surface area (Å²) < 4.78 is 0. The maximum absolute atomic E-state index is 10.3. The number of aliphatic carboxylic acids is 1. The molecule has 0 aliphatic carbocycles. The van der Waals surface area contributed by atoms with E-state index in [2.05, 4.69) is 5.32 Å². The fraction of sp³-hybridized carbons (Fsp3) is 0.500. The molecule has 0 radical (unpaired) electrons. The maximum atomic E-state index is 10.3. The third-order valence-electron chi connectivity index (χ3n) is 0.958. The molecule has 6 heteroatoms. The summed E-state index contributed by atoms with van der Waals surface area (Å²) in [5, 5.41) is 11.9. The first kappa shape index (κ1) is 9.81. The molecule has 1 aliphatic rings. The first-order chi connectivity index (χ1) is 4.20. The predicted octanol–water partition coefficient (Wildman–Crippen LogP) is -1.44. The maximum Gasteiger partial charge on any atom is 1.00 e. The quantitative estimate of drug-likeness (QED) is 0.537. The summed E-state index contributed by atoms with van der Waals surface area (Å²) >= 11 is 0.963. The number of rotatable bonds is 1. The van der Waals surface area contributed by atoms with Crippen molar-refractivity contribution >= 4 is 23.0 Å². The van der Waals surface area contributed by atoms with Gasteiger partial charge in [-0.15, -0.1) is 0 Å². The molecule has 1 aliphatic heterocycles. The average Bonchev–Trinajstić information content (AvgIpc) is 2.14. The average molecular weight is 210 g/mol. The topological polar surface area (TPSA) is 69.2 Å². The minimum absolute atomic E-state index is 0. The van der Waals surface area contributed by atoms with Crippen molar-refractivity contribution in [2.24, 2.45) is 0 Å². The smallest absolute Gasteiger partial charge is 0.548 e. The van der Waals surface area contributed by atoms with Crippen LogP contribution < -0.4 is 10.4 Å². The third kappa shape index (κ3) is 2.21. The number of hydrogen-bond donors (Lipinski definition) is 1. The predicted molar refractivity (Wildman–Crippen MR) is 29.8 cm³/mol. The standard InChI is InChI=1S/C4H5NO3S.Cu/c6-3(7)2-1-9-4(8)5-2;/h2H,1H2,(H,5,8)(H,6,7);/q;+1/p-1. The van der Waals surface area contributed by atoms with Crippen molar-refractivity contribution in [2.45, 2.75) is 6.04 Å². The largest absolute Gasteiger partial charge is 1.00 e. The molecule has 1 heterocycles. The van der Waals surface area contributed by atoms with Gasteiger partial charge >= 0.3 is 17.1 Å². The van der Waals surface area contributed by atoms with Crippen LogP contribution in [0.15, 0.2) is 0 Å². The second kappa shape index (κ2) is 3.85. The Balaban J connectivity index is 0.000000810. The Morgan fingerprint density at radius 3 is 2.60 bits per heavy atom. The molecule has 1 N–H and O–H groups in total. The Labute approximate surface area is 72.2 Å². The van der Waals surface area contributed by atoms with Gasteiger partial charge in [-0.05, 0) is 0 Å². The molecule has 0 aromatic heterocycles. The molecule has 0 spiro atoms. The fourth-order valence-corrected chi connectivity index (χ4v) is 1.27. The van der Waals surface area contributed by atoms with Crippen LogP contribution in [-0.2, 0) is 21.9 Å². The molecule has 1 rings (SSSR count). The van der Waals surface area contributed by atoms with Crippen molar-refractivity contribution in [2.75, 3.05) is 5.75 Å². The van der Waals surface area contributed by atoms with Gasteiger partial charge in [0.05, 0.1) is 12.0 Å². The van der Waals surface area contributed by atoms with Crippen molar-refractivity contribution in [3.8, 4) is 0 Å². The zero-order valence-electron chi connectivity index (χ0n) is 4.72. The second-order valence-corrected chi connectivity index (χ2v) is 2.61. The van der Waals surface area contributed by atoms with Gasteiger partial charge in [0.2, 0.25) is 0 Å². The molecule has 10 heavy (non-hydrogen) atoms. The Morgan fingerprint density at radius 2 is 2.40 bits per heavy atom. The van der Waals surface area contributed by atoms with Gasteiger partial charge in [-0.2, -0.15) is 0 Å². The van der Waals surface area contributed by atoms with Crippen LogP contribution in [0.2, 0.25) is 0 Å². The second-order valence-electron chi connectivity index (χ2n) is 1.61. The van der Waals surface area contributed by atoms with E-state index in [0.29, 0.717) is 0 Å². The van der Waals surface area contributed by atoms with Gasteiger partial charge in [0, 0.05) is 5.75 Å². The van der Waals surface area contributed by atoms with E-state index in [0.717, 1.165) is 11.8 Å². The van der Waals surface area contributed by atoms with Crippen molar-refractivity contribution < 1.29 is 31.8 Å². The minimum Gasteiger partial charge on any atom is -0.548 e. The number of carbonyl (C=O) groups excluding carboxylic acids is 2. The molecule has 1 fully saturated rings. The summed E-state index contributed by atoms with van der Waals surface area (Å²) in [6.07, 6.45) is 0. The van der Waals surface area contributed by atoms with Crippen LogP contribution in [0.3, 0.4) is 0 Å². The Hall–Kier alpha value is -0.191. The first-order valence-corrected chi connectivity index (χ1v) is 3.33. The molecule has 1 unspecified atom stereocenters. The van der Waals surface area contributed by atoms with Crippen LogP contribution in [0.5, 0.6) is 0 Å². The molecule has 4 nitrogen and oxygen atoms in total.